The van der Waals surface area contributed by atoms with Crippen molar-refractivity contribution in [2.45, 2.75) is 25.7 Å². The molecule has 0 saturated heterocycles. The summed E-state index contributed by atoms with van der Waals surface area (Å²) in [7, 11) is 3.41. The van der Waals surface area contributed by atoms with E-state index in [2.05, 4.69) is 26.0 Å². The summed E-state index contributed by atoms with van der Waals surface area (Å²) in [5.74, 6) is 8.19. The van der Waals surface area contributed by atoms with Crippen molar-refractivity contribution in [2.75, 3.05) is 37.9 Å². The molecular formula is C13H23N7O. The van der Waals surface area contributed by atoms with E-state index in [1.54, 1.807) is 14.1 Å². The molecule has 1 aliphatic rings. The highest BCUT2D eigenvalue weighted by Gasteiger charge is 2.28. The molecule has 1 aromatic rings. The molecule has 0 aromatic carbocycles. The van der Waals surface area contributed by atoms with Crippen LogP contribution in [0.2, 0.25) is 0 Å². The third-order valence-corrected chi connectivity index (χ3v) is 3.34. The van der Waals surface area contributed by atoms with Crippen LogP contribution in [0.15, 0.2) is 0 Å². The highest BCUT2D eigenvalue weighted by molar-refractivity contribution is 5.73. The summed E-state index contributed by atoms with van der Waals surface area (Å²) in [6.07, 6.45) is 2.26. The Bertz CT molecular complexity index is 513. The van der Waals surface area contributed by atoms with E-state index < -0.39 is 0 Å². The highest BCUT2D eigenvalue weighted by Crippen LogP contribution is 2.39. The number of rotatable bonds is 6. The number of amides is 2. The second-order valence-electron chi connectivity index (χ2n) is 5.38. The minimum absolute atomic E-state index is 0.112. The van der Waals surface area contributed by atoms with Crippen LogP contribution < -0.4 is 21.9 Å². The van der Waals surface area contributed by atoms with E-state index in [1.165, 1.54) is 4.90 Å². The Labute approximate surface area is 124 Å². The number of aromatic nitrogens is 2. The Morgan fingerprint density at radius 3 is 2.52 bits per heavy atom. The standard InChI is InChI=1S/C13H23N7O/c1-8-10(15-6-7-16-13(21)20(2)3)17-12(9-4-5-9)18-11(8)19-14/h9H,4-7,14H2,1-3H3,(H,16,21)(H2,15,17,18,19). The van der Waals surface area contributed by atoms with Gasteiger partial charge in [-0.05, 0) is 19.8 Å². The molecule has 5 N–H and O–H groups in total. The molecule has 1 saturated carbocycles. The van der Waals surface area contributed by atoms with Gasteiger partial charge >= 0.3 is 6.03 Å². The van der Waals surface area contributed by atoms with E-state index in [-0.39, 0.29) is 6.03 Å². The number of hydrogen-bond acceptors (Lipinski definition) is 6. The number of nitrogens with two attached hydrogens (primary N) is 1. The van der Waals surface area contributed by atoms with Gasteiger partial charge in [-0.25, -0.2) is 20.6 Å². The first-order valence-corrected chi connectivity index (χ1v) is 7.07. The van der Waals surface area contributed by atoms with Crippen molar-refractivity contribution in [1.82, 2.24) is 20.2 Å². The summed E-state index contributed by atoms with van der Waals surface area (Å²) >= 11 is 0. The second-order valence-corrected chi connectivity index (χ2v) is 5.38. The van der Waals surface area contributed by atoms with Gasteiger partial charge in [0.15, 0.2) is 0 Å². The van der Waals surface area contributed by atoms with Crippen LogP contribution in [-0.2, 0) is 0 Å². The molecule has 2 amide bonds. The molecule has 1 fully saturated rings. The van der Waals surface area contributed by atoms with Gasteiger partial charge < -0.3 is 21.0 Å². The van der Waals surface area contributed by atoms with Crippen LogP contribution in [0.4, 0.5) is 16.4 Å². The van der Waals surface area contributed by atoms with Crippen LogP contribution in [0.3, 0.4) is 0 Å². The third kappa shape index (κ3) is 3.94. The number of anilines is 2. The lowest BCUT2D eigenvalue weighted by atomic mass is 10.3. The first kappa shape index (κ1) is 15.3. The van der Waals surface area contributed by atoms with Gasteiger partial charge in [-0.1, -0.05) is 0 Å². The van der Waals surface area contributed by atoms with Crippen LogP contribution in [0, 0.1) is 6.92 Å². The number of hydrogen-bond donors (Lipinski definition) is 4. The van der Waals surface area contributed by atoms with E-state index in [1.807, 2.05) is 6.92 Å². The van der Waals surface area contributed by atoms with Gasteiger partial charge in [0.25, 0.3) is 0 Å². The van der Waals surface area contributed by atoms with Crippen molar-refractivity contribution in [1.29, 1.82) is 0 Å². The van der Waals surface area contributed by atoms with Crippen molar-refractivity contribution in [3.63, 3.8) is 0 Å². The highest BCUT2D eigenvalue weighted by atomic mass is 16.2. The zero-order valence-corrected chi connectivity index (χ0v) is 12.7. The molecular weight excluding hydrogens is 270 g/mol. The fourth-order valence-corrected chi connectivity index (χ4v) is 1.88. The maximum absolute atomic E-state index is 11.4. The van der Waals surface area contributed by atoms with Crippen molar-refractivity contribution in [3.8, 4) is 0 Å². The molecule has 2 rings (SSSR count). The Morgan fingerprint density at radius 1 is 1.29 bits per heavy atom. The molecule has 0 atom stereocenters. The maximum Gasteiger partial charge on any atom is 0.316 e. The van der Waals surface area contributed by atoms with Gasteiger partial charge in [-0.2, -0.15) is 0 Å². The lowest BCUT2D eigenvalue weighted by molar-refractivity contribution is 0.218. The zero-order valence-electron chi connectivity index (χ0n) is 12.7. The number of nitrogens with one attached hydrogen (secondary N) is 3. The Balaban J connectivity index is 1.95. The van der Waals surface area contributed by atoms with Crippen molar-refractivity contribution in [3.05, 3.63) is 11.4 Å². The summed E-state index contributed by atoms with van der Waals surface area (Å²) in [6.45, 7) is 3.02. The molecule has 116 valence electrons. The number of hydrazine groups is 1. The number of nitrogen functional groups attached to an aromatic ring is 1. The quantitative estimate of drug-likeness (QED) is 0.348. The lowest BCUT2D eigenvalue weighted by Gasteiger charge is -2.15. The van der Waals surface area contributed by atoms with Crippen molar-refractivity contribution >= 4 is 17.7 Å². The minimum atomic E-state index is -0.112. The SMILES string of the molecule is Cc1c(NN)nc(C2CC2)nc1NCCNC(=O)N(C)C. The molecule has 8 nitrogen and oxygen atoms in total. The summed E-state index contributed by atoms with van der Waals surface area (Å²) in [4.78, 5) is 21.9. The molecule has 1 heterocycles. The van der Waals surface area contributed by atoms with Gasteiger partial charge in [0, 0.05) is 38.7 Å². The molecule has 0 unspecified atom stereocenters. The molecule has 21 heavy (non-hydrogen) atoms. The largest absolute Gasteiger partial charge is 0.368 e. The van der Waals surface area contributed by atoms with Gasteiger partial charge in [-0.15, -0.1) is 0 Å². The molecule has 1 aliphatic carbocycles. The molecule has 0 spiro atoms. The first-order valence-electron chi connectivity index (χ1n) is 7.07. The summed E-state index contributed by atoms with van der Waals surface area (Å²) in [5, 5.41) is 6.02. The van der Waals surface area contributed by atoms with Crippen LogP contribution in [0.1, 0.15) is 30.1 Å². The first-order chi connectivity index (χ1) is 10.0. The van der Waals surface area contributed by atoms with Crippen LogP contribution in [-0.4, -0.2) is 48.1 Å². The van der Waals surface area contributed by atoms with Crippen molar-refractivity contribution in [2.24, 2.45) is 5.84 Å². The predicted octanol–water partition coefficient (Wildman–Crippen LogP) is 0.631. The fraction of sp³-hybridized carbons (Fsp3) is 0.615. The average Bonchev–Trinajstić information content (AvgIpc) is 3.29. The zero-order chi connectivity index (χ0) is 15.4. The van der Waals surface area contributed by atoms with Crippen molar-refractivity contribution < 1.29 is 4.79 Å². The third-order valence-electron chi connectivity index (χ3n) is 3.34. The fourth-order valence-electron chi connectivity index (χ4n) is 1.88. The van der Waals surface area contributed by atoms with E-state index in [9.17, 15) is 4.79 Å². The number of urea groups is 1. The second kappa shape index (κ2) is 6.57. The topological polar surface area (TPSA) is 108 Å². The van der Waals surface area contributed by atoms with Crippen LogP contribution in [0.5, 0.6) is 0 Å². The van der Waals surface area contributed by atoms with Crippen LogP contribution in [0.25, 0.3) is 0 Å². The van der Waals surface area contributed by atoms with E-state index in [4.69, 9.17) is 5.84 Å². The normalized spacial score (nSPS) is 13.7. The summed E-state index contributed by atoms with van der Waals surface area (Å²) in [5.41, 5.74) is 3.49. The maximum atomic E-state index is 11.4. The average molecular weight is 293 g/mol. The smallest absolute Gasteiger partial charge is 0.316 e. The summed E-state index contributed by atoms with van der Waals surface area (Å²) < 4.78 is 0. The van der Waals surface area contributed by atoms with Gasteiger partial charge in [0.05, 0.1) is 0 Å². The molecule has 0 radical (unpaired) electrons. The Morgan fingerprint density at radius 2 is 1.95 bits per heavy atom. The number of carbonyl (C=O) groups is 1. The molecule has 8 heteroatoms. The van der Waals surface area contributed by atoms with E-state index in [0.29, 0.717) is 24.8 Å². The minimum Gasteiger partial charge on any atom is -0.368 e. The number of carbonyl (C=O) groups excluding carboxylic acids is 1. The van der Waals surface area contributed by atoms with Gasteiger partial charge in [0.2, 0.25) is 0 Å². The van der Waals surface area contributed by atoms with Crippen LogP contribution >= 0.6 is 0 Å². The van der Waals surface area contributed by atoms with Gasteiger partial charge in [-0.3, -0.25) is 0 Å². The number of nitrogens with zero attached hydrogens (tertiary/aromatic N) is 3. The Hall–Kier alpha value is -2.09. The monoisotopic (exact) mass is 293 g/mol. The predicted molar refractivity (Wildman–Crippen MR) is 82.1 cm³/mol. The Kier molecular flexibility index (Phi) is 4.79. The van der Waals surface area contributed by atoms with E-state index >= 15 is 0 Å². The lowest BCUT2D eigenvalue weighted by Crippen LogP contribution is -2.37. The van der Waals surface area contributed by atoms with Gasteiger partial charge in [0.1, 0.15) is 17.5 Å². The molecule has 0 bridgehead atoms. The van der Waals surface area contributed by atoms with E-state index in [0.717, 1.165) is 30.0 Å². The molecule has 1 aromatic heterocycles. The molecule has 0 aliphatic heterocycles. The summed E-state index contributed by atoms with van der Waals surface area (Å²) in [6, 6.07) is -0.112.